The molecule has 4 rings (SSSR count). The van der Waals surface area contributed by atoms with E-state index in [0.717, 1.165) is 31.6 Å². The molecule has 8 nitrogen and oxygen atoms in total. The molecule has 34 heavy (non-hydrogen) atoms. The van der Waals surface area contributed by atoms with E-state index in [0.29, 0.717) is 4.57 Å². The number of anilines is 1. The van der Waals surface area contributed by atoms with E-state index in [2.05, 4.69) is 25.0 Å². The monoisotopic (exact) mass is 493 g/mol. The predicted octanol–water partition coefficient (Wildman–Crippen LogP) is 4.67. The van der Waals surface area contributed by atoms with Crippen molar-refractivity contribution >= 4 is 40.3 Å². The molecule has 0 atom stereocenters. The molecule has 2 heterocycles. The number of alkyl halides is 3. The summed E-state index contributed by atoms with van der Waals surface area (Å²) in [5, 5.41) is 2.41. The van der Waals surface area contributed by atoms with Crippen LogP contribution in [0.5, 0.6) is 0 Å². The van der Waals surface area contributed by atoms with Crippen LogP contribution in [-0.4, -0.2) is 38.5 Å². The zero-order valence-corrected chi connectivity index (χ0v) is 17.8. The molecule has 0 bridgehead atoms. The van der Waals surface area contributed by atoms with Gasteiger partial charge in [0.2, 0.25) is 5.82 Å². The molecule has 13 heteroatoms. The molecular formula is C21H12ClF4N5O3. The van der Waals surface area contributed by atoms with Crippen LogP contribution >= 0.6 is 11.6 Å². The van der Waals surface area contributed by atoms with Crippen molar-refractivity contribution in [2.45, 2.75) is 6.18 Å². The second kappa shape index (κ2) is 8.71. The lowest BCUT2D eigenvalue weighted by Gasteiger charge is -2.11. The Labute approximate surface area is 193 Å². The number of nitrogens with zero attached hydrogens (tertiary/aromatic N) is 4. The Morgan fingerprint density at radius 3 is 2.47 bits per heavy atom. The Morgan fingerprint density at radius 1 is 1.09 bits per heavy atom. The Balaban J connectivity index is 1.70. The van der Waals surface area contributed by atoms with Crippen LogP contribution < -0.4 is 5.32 Å². The minimum atomic E-state index is -4.86. The number of imidazole rings is 1. The van der Waals surface area contributed by atoms with Gasteiger partial charge >= 0.3 is 12.1 Å². The van der Waals surface area contributed by atoms with Gasteiger partial charge in [0, 0.05) is 5.02 Å². The third-order valence-corrected chi connectivity index (χ3v) is 4.85. The minimum absolute atomic E-state index is 0.00861. The number of halogens is 5. The maximum absolute atomic E-state index is 13.9. The summed E-state index contributed by atoms with van der Waals surface area (Å²) in [5.41, 5.74) is -0.398. The number of aromatic nitrogens is 4. The summed E-state index contributed by atoms with van der Waals surface area (Å²) in [5.74, 6) is -4.12. The van der Waals surface area contributed by atoms with Gasteiger partial charge in [-0.2, -0.15) is 13.2 Å². The van der Waals surface area contributed by atoms with Crippen molar-refractivity contribution in [3.63, 3.8) is 0 Å². The molecule has 0 aliphatic heterocycles. The van der Waals surface area contributed by atoms with E-state index in [1.165, 1.54) is 24.3 Å². The number of nitrogens with one attached hydrogen (secondary N) is 1. The van der Waals surface area contributed by atoms with Gasteiger partial charge in [-0.05, 0) is 36.4 Å². The van der Waals surface area contributed by atoms with E-state index in [9.17, 15) is 27.2 Å². The van der Waals surface area contributed by atoms with Crippen LogP contribution in [0.2, 0.25) is 5.02 Å². The van der Waals surface area contributed by atoms with Crippen molar-refractivity contribution in [1.82, 2.24) is 19.5 Å². The second-order valence-corrected chi connectivity index (χ2v) is 7.24. The Hall–Kier alpha value is -4.06. The first kappa shape index (κ1) is 23.1. The van der Waals surface area contributed by atoms with Crippen LogP contribution in [0.1, 0.15) is 26.5 Å². The number of ether oxygens (including phenoxy) is 1. The van der Waals surface area contributed by atoms with Gasteiger partial charge in [0.25, 0.3) is 5.91 Å². The summed E-state index contributed by atoms with van der Waals surface area (Å²) in [4.78, 5) is 35.4. The first-order chi connectivity index (χ1) is 16.1. The number of rotatable bonds is 4. The second-order valence-electron chi connectivity index (χ2n) is 6.80. The normalized spacial score (nSPS) is 11.5. The van der Waals surface area contributed by atoms with Gasteiger partial charge in [0.05, 0.1) is 41.7 Å². The van der Waals surface area contributed by atoms with Crippen LogP contribution in [0.25, 0.3) is 16.9 Å². The van der Waals surface area contributed by atoms with Gasteiger partial charge < -0.3 is 10.1 Å². The molecule has 0 spiro atoms. The van der Waals surface area contributed by atoms with Gasteiger partial charge in [-0.25, -0.2) is 24.1 Å². The average molecular weight is 494 g/mol. The maximum atomic E-state index is 13.9. The lowest BCUT2D eigenvalue weighted by Crippen LogP contribution is -2.17. The molecule has 1 N–H and O–H groups in total. The number of esters is 1. The van der Waals surface area contributed by atoms with E-state index < -0.39 is 29.7 Å². The van der Waals surface area contributed by atoms with Crippen LogP contribution in [0, 0.1) is 5.82 Å². The lowest BCUT2D eigenvalue weighted by molar-refractivity contribution is -0.145. The molecule has 0 radical (unpaired) electrons. The molecule has 0 fully saturated rings. The molecule has 4 aromatic rings. The standard InChI is InChI=1S/C21H12ClF4N5O3/c1-34-19(33)10-2-5-15-14(6-10)29-20(21(24,25)26)31(15)17-9-27-16(8-28-17)30-18(32)12-4-3-11(22)7-13(12)23/h2-9H,1H3,(H,27,30,32). The number of amides is 1. The van der Waals surface area contributed by atoms with Gasteiger partial charge in [0.15, 0.2) is 11.6 Å². The Morgan fingerprint density at radius 2 is 1.85 bits per heavy atom. The maximum Gasteiger partial charge on any atom is 0.450 e. The SMILES string of the molecule is COC(=O)c1ccc2c(c1)nc(C(F)(F)F)n2-c1cnc(NC(=O)c2ccc(Cl)cc2F)cn1. The van der Waals surface area contributed by atoms with Crippen LogP contribution in [0.4, 0.5) is 23.4 Å². The fraction of sp³-hybridized carbons (Fsp3) is 0.0952. The highest BCUT2D eigenvalue weighted by Gasteiger charge is 2.38. The van der Waals surface area contributed by atoms with E-state index >= 15 is 0 Å². The topological polar surface area (TPSA) is 99.0 Å². The summed E-state index contributed by atoms with van der Waals surface area (Å²) in [6.45, 7) is 0. The van der Waals surface area contributed by atoms with Crippen molar-refractivity contribution < 1.29 is 31.9 Å². The molecule has 0 saturated heterocycles. The third-order valence-electron chi connectivity index (χ3n) is 4.61. The fourth-order valence-corrected chi connectivity index (χ4v) is 3.26. The zero-order valence-electron chi connectivity index (χ0n) is 17.0. The predicted molar refractivity (Wildman–Crippen MR) is 112 cm³/mol. The molecule has 1 amide bonds. The van der Waals surface area contributed by atoms with Crippen molar-refractivity contribution in [3.05, 3.63) is 76.6 Å². The van der Waals surface area contributed by atoms with Crippen molar-refractivity contribution in [2.75, 3.05) is 12.4 Å². The van der Waals surface area contributed by atoms with Crippen molar-refractivity contribution in [2.24, 2.45) is 0 Å². The summed E-state index contributed by atoms with van der Waals surface area (Å²) in [6.07, 6.45) is -2.86. The quantitative estimate of drug-likeness (QED) is 0.328. The molecule has 0 saturated carbocycles. The third kappa shape index (κ3) is 4.39. The highest BCUT2D eigenvalue weighted by Crippen LogP contribution is 2.33. The summed E-state index contributed by atoms with van der Waals surface area (Å²) in [6, 6.07) is 7.17. The molecule has 2 aromatic carbocycles. The molecule has 2 aromatic heterocycles. The number of methoxy groups -OCH3 is 1. The molecule has 0 unspecified atom stereocenters. The van der Waals surface area contributed by atoms with Gasteiger partial charge in [-0.15, -0.1) is 0 Å². The van der Waals surface area contributed by atoms with E-state index in [4.69, 9.17) is 11.6 Å². The number of hydrogen-bond donors (Lipinski definition) is 1. The lowest BCUT2D eigenvalue weighted by atomic mass is 10.2. The largest absolute Gasteiger partial charge is 0.465 e. The molecule has 174 valence electrons. The van der Waals surface area contributed by atoms with Crippen LogP contribution in [0.15, 0.2) is 48.8 Å². The van der Waals surface area contributed by atoms with E-state index in [1.54, 1.807) is 0 Å². The Kier molecular flexibility index (Phi) is 5.92. The molecular weight excluding hydrogens is 482 g/mol. The number of carbonyl (C=O) groups is 2. The average Bonchev–Trinajstić information content (AvgIpc) is 3.18. The van der Waals surface area contributed by atoms with E-state index in [1.807, 2.05) is 0 Å². The van der Waals surface area contributed by atoms with Gasteiger partial charge in [-0.1, -0.05) is 11.6 Å². The molecule has 0 aliphatic carbocycles. The molecule has 0 aliphatic rings. The van der Waals surface area contributed by atoms with Crippen molar-refractivity contribution in [1.29, 1.82) is 0 Å². The fourth-order valence-electron chi connectivity index (χ4n) is 3.11. The first-order valence-electron chi connectivity index (χ1n) is 9.35. The smallest absolute Gasteiger partial charge is 0.450 e. The summed E-state index contributed by atoms with van der Waals surface area (Å²) >= 11 is 5.66. The van der Waals surface area contributed by atoms with Crippen LogP contribution in [-0.2, 0) is 10.9 Å². The number of benzene rings is 2. The first-order valence-corrected chi connectivity index (χ1v) is 9.73. The van der Waals surface area contributed by atoms with Crippen LogP contribution in [0.3, 0.4) is 0 Å². The summed E-state index contributed by atoms with van der Waals surface area (Å²) < 4.78 is 60.3. The Bertz CT molecular complexity index is 1420. The highest BCUT2D eigenvalue weighted by molar-refractivity contribution is 6.30. The van der Waals surface area contributed by atoms with E-state index in [-0.39, 0.29) is 38.8 Å². The zero-order chi connectivity index (χ0) is 24.6. The number of carbonyl (C=O) groups excluding carboxylic acids is 2. The van der Waals surface area contributed by atoms with Crippen molar-refractivity contribution in [3.8, 4) is 5.82 Å². The summed E-state index contributed by atoms with van der Waals surface area (Å²) in [7, 11) is 1.14. The van der Waals surface area contributed by atoms with Gasteiger partial charge in [0.1, 0.15) is 5.82 Å². The number of fused-ring (bicyclic) bond motifs is 1. The van der Waals surface area contributed by atoms with Gasteiger partial charge in [-0.3, -0.25) is 9.36 Å². The number of hydrogen-bond acceptors (Lipinski definition) is 6. The highest BCUT2D eigenvalue weighted by atomic mass is 35.5. The minimum Gasteiger partial charge on any atom is -0.465 e.